The molecule has 0 bridgehead atoms. The third-order valence-electron chi connectivity index (χ3n) is 5.42. The number of aliphatic hydroxyl groups is 1. The van der Waals surface area contributed by atoms with E-state index in [1.165, 1.54) is 47.4 Å². The maximum Gasteiger partial charge on any atom is 0.295 e. The standard InChI is InChI=1S/C26H21F2NO4/c1-2-33-19-7-5-6-17(14-19)24(30)22-23(20-8-3-4-9-21(20)28)29(26(32)25(22)31)15-16-10-12-18(27)13-11-16/h3-14,23,30H,2,15H2,1H3/b24-22-. The van der Waals surface area contributed by atoms with Crippen LogP contribution in [0.3, 0.4) is 0 Å². The lowest BCUT2D eigenvalue weighted by atomic mass is 9.94. The zero-order chi connectivity index (χ0) is 23.5. The fourth-order valence-corrected chi connectivity index (χ4v) is 3.91. The van der Waals surface area contributed by atoms with Crippen molar-refractivity contribution in [3.05, 3.63) is 107 Å². The van der Waals surface area contributed by atoms with Crippen molar-refractivity contribution >= 4 is 17.4 Å². The normalized spacial score (nSPS) is 17.4. The van der Waals surface area contributed by atoms with Crippen molar-refractivity contribution in [3.63, 3.8) is 0 Å². The Kier molecular flexibility index (Phi) is 6.22. The zero-order valence-corrected chi connectivity index (χ0v) is 17.8. The van der Waals surface area contributed by atoms with E-state index >= 15 is 0 Å². The van der Waals surface area contributed by atoms with E-state index in [9.17, 15) is 23.5 Å². The second-order valence-corrected chi connectivity index (χ2v) is 7.54. The van der Waals surface area contributed by atoms with Crippen LogP contribution in [0.15, 0.2) is 78.4 Å². The van der Waals surface area contributed by atoms with Gasteiger partial charge < -0.3 is 14.7 Å². The van der Waals surface area contributed by atoms with E-state index in [1.807, 2.05) is 6.92 Å². The Morgan fingerprint density at radius 1 is 1.00 bits per heavy atom. The molecule has 1 N–H and O–H groups in total. The molecular formula is C26H21F2NO4. The predicted octanol–water partition coefficient (Wildman–Crippen LogP) is 4.99. The molecule has 1 saturated heterocycles. The summed E-state index contributed by atoms with van der Waals surface area (Å²) in [5, 5.41) is 11.1. The van der Waals surface area contributed by atoms with Crippen LogP contribution in [0.25, 0.3) is 5.76 Å². The molecule has 33 heavy (non-hydrogen) atoms. The molecule has 1 aliphatic heterocycles. The smallest absolute Gasteiger partial charge is 0.295 e. The molecule has 1 heterocycles. The van der Waals surface area contributed by atoms with Crippen molar-refractivity contribution in [2.24, 2.45) is 0 Å². The number of hydrogen-bond acceptors (Lipinski definition) is 4. The van der Waals surface area contributed by atoms with Gasteiger partial charge in [-0.05, 0) is 42.8 Å². The fourth-order valence-electron chi connectivity index (χ4n) is 3.91. The number of likely N-dealkylation sites (tertiary alicyclic amines) is 1. The number of Topliss-reactive ketones (excluding diaryl/α,β-unsaturated/α-hetero) is 1. The highest BCUT2D eigenvalue weighted by molar-refractivity contribution is 6.46. The van der Waals surface area contributed by atoms with Gasteiger partial charge in [-0.3, -0.25) is 9.59 Å². The third-order valence-corrected chi connectivity index (χ3v) is 5.42. The number of amides is 1. The van der Waals surface area contributed by atoms with Crippen LogP contribution in [-0.4, -0.2) is 28.3 Å². The summed E-state index contributed by atoms with van der Waals surface area (Å²) >= 11 is 0. The molecule has 5 nitrogen and oxygen atoms in total. The average Bonchev–Trinajstić information content (AvgIpc) is 3.05. The lowest BCUT2D eigenvalue weighted by molar-refractivity contribution is -0.140. The molecule has 0 aliphatic carbocycles. The molecule has 3 aromatic rings. The summed E-state index contributed by atoms with van der Waals surface area (Å²) < 4.78 is 33.6. The number of carbonyl (C=O) groups is 2. The van der Waals surface area contributed by atoms with E-state index in [1.54, 1.807) is 30.3 Å². The Balaban J connectivity index is 1.86. The Morgan fingerprint density at radius 3 is 2.42 bits per heavy atom. The van der Waals surface area contributed by atoms with Crippen LogP contribution in [0.5, 0.6) is 5.75 Å². The summed E-state index contributed by atoms with van der Waals surface area (Å²) in [5.41, 5.74) is 0.669. The number of rotatable bonds is 6. The third kappa shape index (κ3) is 4.35. The number of nitrogens with zero attached hydrogens (tertiary/aromatic N) is 1. The van der Waals surface area contributed by atoms with Gasteiger partial charge in [0.1, 0.15) is 23.1 Å². The van der Waals surface area contributed by atoms with Crippen LogP contribution < -0.4 is 4.74 Å². The molecule has 0 aromatic heterocycles. The molecule has 1 atom stereocenters. The number of ether oxygens (including phenoxy) is 1. The highest BCUT2D eigenvalue weighted by atomic mass is 19.1. The molecule has 1 amide bonds. The molecule has 168 valence electrons. The molecule has 1 aliphatic rings. The van der Waals surface area contributed by atoms with Gasteiger partial charge in [-0.25, -0.2) is 8.78 Å². The van der Waals surface area contributed by atoms with Crippen molar-refractivity contribution in [1.82, 2.24) is 4.90 Å². The van der Waals surface area contributed by atoms with Crippen molar-refractivity contribution in [3.8, 4) is 5.75 Å². The lowest BCUT2D eigenvalue weighted by Gasteiger charge is -2.25. The van der Waals surface area contributed by atoms with Gasteiger partial charge >= 0.3 is 0 Å². The Labute approximate surface area is 189 Å². The first kappa shape index (κ1) is 22.2. The molecular weight excluding hydrogens is 428 g/mol. The van der Waals surface area contributed by atoms with Gasteiger partial charge in [-0.1, -0.05) is 42.5 Å². The predicted molar refractivity (Wildman–Crippen MR) is 118 cm³/mol. The Morgan fingerprint density at radius 2 is 1.73 bits per heavy atom. The zero-order valence-electron chi connectivity index (χ0n) is 17.8. The van der Waals surface area contributed by atoms with Gasteiger partial charge in [-0.2, -0.15) is 0 Å². The molecule has 4 rings (SSSR count). The van der Waals surface area contributed by atoms with Gasteiger partial charge in [0.05, 0.1) is 18.2 Å². The maximum absolute atomic E-state index is 14.8. The molecule has 0 spiro atoms. The van der Waals surface area contributed by atoms with Crippen molar-refractivity contribution in [1.29, 1.82) is 0 Å². The minimum absolute atomic E-state index is 0.0698. The average molecular weight is 449 g/mol. The molecule has 7 heteroatoms. The van der Waals surface area contributed by atoms with Crippen LogP contribution in [-0.2, 0) is 16.1 Å². The van der Waals surface area contributed by atoms with E-state index in [2.05, 4.69) is 0 Å². The van der Waals surface area contributed by atoms with Crippen LogP contribution in [0, 0.1) is 11.6 Å². The fraction of sp³-hybridized carbons (Fsp3) is 0.154. The van der Waals surface area contributed by atoms with Crippen LogP contribution in [0.4, 0.5) is 8.78 Å². The Hall–Kier alpha value is -4.00. The second-order valence-electron chi connectivity index (χ2n) is 7.54. The Bertz CT molecular complexity index is 1240. The first-order valence-corrected chi connectivity index (χ1v) is 10.4. The van der Waals surface area contributed by atoms with Crippen molar-refractivity contribution in [2.75, 3.05) is 6.61 Å². The van der Waals surface area contributed by atoms with Crippen LogP contribution >= 0.6 is 0 Å². The first-order valence-electron chi connectivity index (χ1n) is 10.4. The number of hydrogen-bond donors (Lipinski definition) is 1. The van der Waals surface area contributed by atoms with Gasteiger partial charge in [0.15, 0.2) is 0 Å². The monoisotopic (exact) mass is 449 g/mol. The minimum atomic E-state index is -1.16. The number of carbonyl (C=O) groups excluding carboxylic acids is 2. The lowest BCUT2D eigenvalue weighted by Crippen LogP contribution is -2.29. The van der Waals surface area contributed by atoms with Crippen molar-refractivity contribution in [2.45, 2.75) is 19.5 Å². The number of aliphatic hydroxyl groups excluding tert-OH is 1. The summed E-state index contributed by atoms with van der Waals surface area (Å²) in [6, 6.07) is 16.5. The van der Waals surface area contributed by atoms with Gasteiger partial charge in [-0.15, -0.1) is 0 Å². The quantitative estimate of drug-likeness (QED) is 0.327. The summed E-state index contributed by atoms with van der Waals surface area (Å²) in [4.78, 5) is 27.2. The maximum atomic E-state index is 14.8. The van der Waals surface area contributed by atoms with Gasteiger partial charge in [0.25, 0.3) is 11.7 Å². The largest absolute Gasteiger partial charge is 0.507 e. The van der Waals surface area contributed by atoms with E-state index in [0.29, 0.717) is 17.9 Å². The molecule has 3 aromatic carbocycles. The van der Waals surface area contributed by atoms with E-state index in [4.69, 9.17) is 4.74 Å². The SMILES string of the molecule is CCOc1cccc(/C(O)=C2/C(=O)C(=O)N(Cc3ccc(F)cc3)C2c2ccccc2F)c1. The molecule has 1 fully saturated rings. The van der Waals surface area contributed by atoms with Crippen LogP contribution in [0.2, 0.25) is 0 Å². The number of ketones is 1. The highest BCUT2D eigenvalue weighted by Gasteiger charge is 2.46. The summed E-state index contributed by atoms with van der Waals surface area (Å²) in [6.07, 6.45) is 0. The molecule has 1 unspecified atom stereocenters. The number of benzene rings is 3. The number of halogens is 2. The van der Waals surface area contributed by atoms with Crippen molar-refractivity contribution < 1.29 is 28.2 Å². The minimum Gasteiger partial charge on any atom is -0.507 e. The van der Waals surface area contributed by atoms with E-state index < -0.39 is 35.1 Å². The van der Waals surface area contributed by atoms with Gasteiger partial charge in [0.2, 0.25) is 0 Å². The topological polar surface area (TPSA) is 66.8 Å². The van der Waals surface area contributed by atoms with Crippen LogP contribution in [0.1, 0.15) is 29.7 Å². The van der Waals surface area contributed by atoms with Gasteiger partial charge in [0, 0.05) is 17.7 Å². The molecule has 0 saturated carbocycles. The summed E-state index contributed by atoms with van der Waals surface area (Å²) in [6.45, 7) is 2.15. The van der Waals surface area contributed by atoms with E-state index in [-0.39, 0.29) is 23.2 Å². The first-order chi connectivity index (χ1) is 15.9. The summed E-state index contributed by atoms with van der Waals surface area (Å²) in [5.74, 6) is -2.82. The summed E-state index contributed by atoms with van der Waals surface area (Å²) in [7, 11) is 0. The highest BCUT2D eigenvalue weighted by Crippen LogP contribution is 2.41. The van der Waals surface area contributed by atoms with E-state index in [0.717, 1.165) is 0 Å². The molecule has 0 radical (unpaired) electrons. The second kappa shape index (κ2) is 9.24.